The molecule has 0 atom stereocenters. The van der Waals surface area contributed by atoms with Gasteiger partial charge in [-0.3, -0.25) is 4.79 Å². The van der Waals surface area contributed by atoms with Crippen molar-refractivity contribution >= 4 is 17.8 Å². The number of rotatable bonds is 7. The Hall–Kier alpha value is -2.30. The minimum absolute atomic E-state index is 0.540. The lowest BCUT2D eigenvalue weighted by Crippen LogP contribution is -2.08. The summed E-state index contributed by atoms with van der Waals surface area (Å²) < 4.78 is 10.7. The third kappa shape index (κ3) is 4.46. The summed E-state index contributed by atoms with van der Waals surface area (Å²) >= 11 is 0. The molecule has 19 heavy (non-hydrogen) atoms. The quantitative estimate of drug-likeness (QED) is 0.603. The Morgan fingerprint density at radius 1 is 1.32 bits per heavy atom. The van der Waals surface area contributed by atoms with Crippen LogP contribution in [0.1, 0.15) is 18.9 Å². The molecule has 1 N–H and O–H groups in total. The molecule has 0 saturated carbocycles. The van der Waals surface area contributed by atoms with Crippen LogP contribution in [0.15, 0.2) is 24.3 Å². The smallest absolute Gasteiger partial charge is 0.376 e. The van der Waals surface area contributed by atoms with Crippen molar-refractivity contribution in [2.45, 2.75) is 13.3 Å². The summed E-state index contributed by atoms with van der Waals surface area (Å²) in [6, 6.07) is 5.12. The van der Waals surface area contributed by atoms with Crippen molar-refractivity contribution in [2.75, 3.05) is 13.7 Å². The maximum atomic E-state index is 10.9. The maximum absolute atomic E-state index is 10.9. The zero-order chi connectivity index (χ0) is 14.3. The number of carboxylic acid groups (broad SMARTS) is 1. The molecule has 0 radical (unpaired) electrons. The molecule has 1 aromatic rings. The number of methoxy groups -OCH3 is 1. The number of ether oxygens (including phenoxy) is 2. The molecule has 0 heterocycles. The summed E-state index contributed by atoms with van der Waals surface area (Å²) in [4.78, 5) is 21.3. The first kappa shape index (κ1) is 14.8. The molecule has 0 fully saturated rings. The SMILES string of the molecule is CCCOc1ccc(/C=C/C(=O)C(=O)O)cc1OC. The highest BCUT2D eigenvalue weighted by molar-refractivity contribution is 6.38. The molecule has 0 aliphatic rings. The van der Waals surface area contributed by atoms with E-state index in [0.717, 1.165) is 12.5 Å². The monoisotopic (exact) mass is 264 g/mol. The van der Waals surface area contributed by atoms with E-state index in [9.17, 15) is 9.59 Å². The van der Waals surface area contributed by atoms with E-state index in [2.05, 4.69) is 0 Å². The predicted molar refractivity (Wildman–Crippen MR) is 70.5 cm³/mol. The van der Waals surface area contributed by atoms with E-state index in [-0.39, 0.29) is 0 Å². The Labute approximate surface area is 111 Å². The average Bonchev–Trinajstić information content (AvgIpc) is 2.42. The van der Waals surface area contributed by atoms with E-state index in [4.69, 9.17) is 14.6 Å². The van der Waals surface area contributed by atoms with Gasteiger partial charge in [0.25, 0.3) is 5.78 Å². The minimum Gasteiger partial charge on any atom is -0.493 e. The average molecular weight is 264 g/mol. The number of benzene rings is 1. The molecule has 5 heteroatoms. The number of hydrogen-bond donors (Lipinski definition) is 1. The molecule has 0 aromatic heterocycles. The summed E-state index contributed by atoms with van der Waals surface area (Å²) in [5, 5.41) is 8.46. The van der Waals surface area contributed by atoms with Crippen LogP contribution < -0.4 is 9.47 Å². The molecule has 0 aliphatic carbocycles. The molecule has 0 amide bonds. The first-order valence-corrected chi connectivity index (χ1v) is 5.84. The van der Waals surface area contributed by atoms with E-state index < -0.39 is 11.8 Å². The van der Waals surface area contributed by atoms with E-state index in [1.165, 1.54) is 13.2 Å². The number of carbonyl (C=O) groups excluding carboxylic acids is 1. The second-order valence-electron chi connectivity index (χ2n) is 3.76. The largest absolute Gasteiger partial charge is 0.493 e. The first-order chi connectivity index (χ1) is 9.08. The van der Waals surface area contributed by atoms with Gasteiger partial charge in [0.05, 0.1) is 13.7 Å². The summed E-state index contributed by atoms with van der Waals surface area (Å²) in [5.41, 5.74) is 0.662. The van der Waals surface area contributed by atoms with Gasteiger partial charge in [0.1, 0.15) is 0 Å². The van der Waals surface area contributed by atoms with Gasteiger partial charge in [-0.05, 0) is 30.2 Å². The van der Waals surface area contributed by atoms with E-state index in [0.29, 0.717) is 23.7 Å². The lowest BCUT2D eigenvalue weighted by atomic mass is 10.1. The van der Waals surface area contributed by atoms with Crippen LogP contribution in [0.5, 0.6) is 11.5 Å². The van der Waals surface area contributed by atoms with Gasteiger partial charge in [-0.25, -0.2) is 4.79 Å². The summed E-state index contributed by atoms with van der Waals surface area (Å²) in [6.45, 7) is 2.59. The Bertz CT molecular complexity index is 491. The number of hydrogen-bond acceptors (Lipinski definition) is 4. The fraction of sp³-hybridized carbons (Fsp3) is 0.286. The molecular weight excluding hydrogens is 248 g/mol. The standard InChI is InChI=1S/C14H16O5/c1-3-8-19-12-7-5-10(9-13(12)18-2)4-6-11(15)14(16)17/h4-7,9H,3,8H2,1-2H3,(H,16,17)/b6-4+. The van der Waals surface area contributed by atoms with Gasteiger partial charge >= 0.3 is 5.97 Å². The topological polar surface area (TPSA) is 72.8 Å². The van der Waals surface area contributed by atoms with E-state index in [1.54, 1.807) is 18.2 Å². The van der Waals surface area contributed by atoms with Crippen LogP contribution in [-0.2, 0) is 9.59 Å². The van der Waals surface area contributed by atoms with Gasteiger partial charge in [0.15, 0.2) is 11.5 Å². The third-order valence-electron chi connectivity index (χ3n) is 2.29. The minimum atomic E-state index is -1.48. The first-order valence-electron chi connectivity index (χ1n) is 5.84. The molecule has 0 saturated heterocycles. The lowest BCUT2D eigenvalue weighted by Gasteiger charge is -2.10. The second kappa shape index (κ2) is 7.20. The zero-order valence-electron chi connectivity index (χ0n) is 10.9. The molecular formula is C14H16O5. The molecule has 1 rings (SSSR count). The van der Waals surface area contributed by atoms with Crippen molar-refractivity contribution in [3.63, 3.8) is 0 Å². The number of ketones is 1. The van der Waals surface area contributed by atoms with Crippen LogP contribution in [0.3, 0.4) is 0 Å². The molecule has 0 spiro atoms. The Morgan fingerprint density at radius 3 is 2.63 bits per heavy atom. The van der Waals surface area contributed by atoms with Crippen molar-refractivity contribution in [1.82, 2.24) is 0 Å². The summed E-state index contributed by atoms with van der Waals surface area (Å²) in [6.07, 6.45) is 3.31. The van der Waals surface area contributed by atoms with Crippen LogP contribution in [0.2, 0.25) is 0 Å². The van der Waals surface area contributed by atoms with E-state index in [1.807, 2.05) is 6.92 Å². The van der Waals surface area contributed by atoms with E-state index >= 15 is 0 Å². The highest BCUT2D eigenvalue weighted by Crippen LogP contribution is 2.28. The Kier molecular flexibility index (Phi) is 5.60. The highest BCUT2D eigenvalue weighted by Gasteiger charge is 2.07. The molecule has 0 aliphatic heterocycles. The van der Waals surface area contributed by atoms with Gasteiger partial charge in [-0.15, -0.1) is 0 Å². The predicted octanol–water partition coefficient (Wildman–Crippen LogP) is 2.15. The van der Waals surface area contributed by atoms with Gasteiger partial charge in [-0.2, -0.15) is 0 Å². The number of carboxylic acids is 1. The van der Waals surface area contributed by atoms with Crippen LogP contribution in [0, 0.1) is 0 Å². The van der Waals surface area contributed by atoms with Gasteiger partial charge < -0.3 is 14.6 Å². The summed E-state index contributed by atoms with van der Waals surface area (Å²) in [7, 11) is 1.52. The molecule has 0 bridgehead atoms. The Morgan fingerprint density at radius 2 is 2.05 bits per heavy atom. The van der Waals surface area contributed by atoms with Gasteiger partial charge in [0, 0.05) is 0 Å². The van der Waals surface area contributed by atoms with Crippen molar-refractivity contribution in [1.29, 1.82) is 0 Å². The van der Waals surface area contributed by atoms with Gasteiger partial charge in [0.2, 0.25) is 0 Å². The number of carbonyl (C=O) groups is 2. The molecule has 5 nitrogen and oxygen atoms in total. The van der Waals surface area contributed by atoms with Crippen molar-refractivity contribution in [2.24, 2.45) is 0 Å². The van der Waals surface area contributed by atoms with Gasteiger partial charge in [-0.1, -0.05) is 19.1 Å². The Balaban J connectivity index is 2.87. The highest BCUT2D eigenvalue weighted by atomic mass is 16.5. The lowest BCUT2D eigenvalue weighted by molar-refractivity contribution is -0.146. The summed E-state index contributed by atoms with van der Waals surface area (Å²) in [5.74, 6) is -1.29. The van der Waals surface area contributed by atoms with Crippen LogP contribution in [0.4, 0.5) is 0 Å². The molecule has 102 valence electrons. The fourth-order valence-electron chi connectivity index (χ4n) is 1.36. The molecule has 0 unspecified atom stereocenters. The van der Waals surface area contributed by atoms with Crippen LogP contribution >= 0.6 is 0 Å². The third-order valence-corrected chi connectivity index (χ3v) is 2.29. The number of aliphatic carboxylic acids is 1. The van der Waals surface area contributed by atoms with Crippen LogP contribution in [0.25, 0.3) is 6.08 Å². The van der Waals surface area contributed by atoms with Crippen molar-refractivity contribution < 1.29 is 24.2 Å². The fourth-order valence-corrected chi connectivity index (χ4v) is 1.36. The normalized spacial score (nSPS) is 10.4. The zero-order valence-corrected chi connectivity index (χ0v) is 10.9. The van der Waals surface area contributed by atoms with Crippen molar-refractivity contribution in [3.8, 4) is 11.5 Å². The second-order valence-corrected chi connectivity index (χ2v) is 3.76. The van der Waals surface area contributed by atoms with Crippen LogP contribution in [-0.4, -0.2) is 30.6 Å². The van der Waals surface area contributed by atoms with Crippen molar-refractivity contribution in [3.05, 3.63) is 29.8 Å². The molecule has 1 aromatic carbocycles. The maximum Gasteiger partial charge on any atom is 0.376 e.